The van der Waals surface area contributed by atoms with Gasteiger partial charge in [-0.1, -0.05) is 18.2 Å². The summed E-state index contributed by atoms with van der Waals surface area (Å²) >= 11 is 0. The molecule has 2 heterocycles. The summed E-state index contributed by atoms with van der Waals surface area (Å²) in [6.45, 7) is 3.97. The first-order chi connectivity index (χ1) is 12.0. The lowest BCUT2D eigenvalue weighted by molar-refractivity contribution is -0.124. The molecule has 0 saturated heterocycles. The number of nitrogens with one attached hydrogen (secondary N) is 2. The fourth-order valence-electron chi connectivity index (χ4n) is 3.37. The summed E-state index contributed by atoms with van der Waals surface area (Å²) in [7, 11) is 0. The molecule has 0 radical (unpaired) electrons. The number of anilines is 2. The van der Waals surface area contributed by atoms with Crippen molar-refractivity contribution in [3.63, 3.8) is 0 Å². The number of hydrogen-bond acceptors (Lipinski definition) is 3. The van der Waals surface area contributed by atoms with Crippen LogP contribution in [-0.4, -0.2) is 21.4 Å². The van der Waals surface area contributed by atoms with Crippen LogP contribution in [0.3, 0.4) is 0 Å². The molecule has 2 amide bonds. The van der Waals surface area contributed by atoms with E-state index in [-0.39, 0.29) is 18.2 Å². The van der Waals surface area contributed by atoms with Crippen molar-refractivity contribution in [3.05, 3.63) is 53.6 Å². The molecule has 1 aliphatic heterocycles. The van der Waals surface area contributed by atoms with E-state index in [1.807, 2.05) is 56.3 Å². The summed E-state index contributed by atoms with van der Waals surface area (Å²) in [6, 6.07) is 12.8. The lowest BCUT2D eigenvalue weighted by Gasteiger charge is -2.25. The first-order valence-electron chi connectivity index (χ1n) is 8.17. The highest BCUT2D eigenvalue weighted by atomic mass is 16.2. The van der Waals surface area contributed by atoms with Crippen molar-refractivity contribution in [2.45, 2.75) is 26.3 Å². The van der Waals surface area contributed by atoms with Crippen LogP contribution in [0.1, 0.15) is 23.6 Å². The second kappa shape index (κ2) is 5.73. The second-order valence-electron chi connectivity index (χ2n) is 6.43. The third kappa shape index (κ3) is 2.76. The van der Waals surface area contributed by atoms with Crippen molar-refractivity contribution in [2.24, 2.45) is 0 Å². The van der Waals surface area contributed by atoms with Gasteiger partial charge in [-0.05, 0) is 49.2 Å². The number of carbonyl (C=O) groups is 2. The van der Waals surface area contributed by atoms with E-state index in [9.17, 15) is 9.59 Å². The van der Waals surface area contributed by atoms with Crippen molar-refractivity contribution < 1.29 is 9.59 Å². The van der Waals surface area contributed by atoms with Crippen molar-refractivity contribution >= 4 is 34.5 Å². The maximum absolute atomic E-state index is 12.9. The Hall–Kier alpha value is -3.15. The van der Waals surface area contributed by atoms with E-state index < -0.39 is 6.04 Å². The smallest absolute Gasteiger partial charge is 0.248 e. The van der Waals surface area contributed by atoms with Gasteiger partial charge < -0.3 is 5.32 Å². The number of imidazole rings is 1. The van der Waals surface area contributed by atoms with Gasteiger partial charge in [0, 0.05) is 5.69 Å². The molecule has 0 saturated carbocycles. The molecule has 1 atom stereocenters. The molecule has 1 aliphatic rings. The molecule has 3 aromatic rings. The van der Waals surface area contributed by atoms with Crippen molar-refractivity contribution in [3.8, 4) is 0 Å². The van der Waals surface area contributed by atoms with Crippen LogP contribution >= 0.6 is 0 Å². The molecule has 2 aromatic carbocycles. The van der Waals surface area contributed by atoms with E-state index in [1.165, 1.54) is 0 Å². The van der Waals surface area contributed by atoms with Crippen molar-refractivity contribution in [1.29, 1.82) is 0 Å². The van der Waals surface area contributed by atoms with Gasteiger partial charge in [0.2, 0.25) is 17.8 Å². The number of carbonyl (C=O) groups excluding carboxylic acids is 2. The highest BCUT2D eigenvalue weighted by Crippen LogP contribution is 2.31. The van der Waals surface area contributed by atoms with Gasteiger partial charge in [0.25, 0.3) is 0 Å². The Morgan fingerprint density at radius 1 is 1.20 bits per heavy atom. The standard InChI is InChI=1S/C19H18N4O2/c1-11-7-12(2)9-13(8-11)20-18(25)16-10-17(24)22-19-21-14-5-3-4-6-15(14)23(16)19/h3-9,16H,10H2,1-2H3,(H,20,25)(H,21,22,24)/t16-/m0/s1. The van der Waals surface area contributed by atoms with Crippen LogP contribution in [0.2, 0.25) is 0 Å². The summed E-state index contributed by atoms with van der Waals surface area (Å²) in [5, 5.41) is 5.69. The van der Waals surface area contributed by atoms with E-state index in [0.29, 0.717) is 5.95 Å². The molecule has 0 bridgehead atoms. The number of para-hydroxylation sites is 2. The average Bonchev–Trinajstić information content (AvgIpc) is 2.90. The van der Waals surface area contributed by atoms with Gasteiger partial charge in [0.05, 0.1) is 17.5 Å². The Morgan fingerprint density at radius 3 is 2.68 bits per heavy atom. The van der Waals surface area contributed by atoms with Crippen LogP contribution in [-0.2, 0) is 9.59 Å². The molecule has 6 nitrogen and oxygen atoms in total. The number of rotatable bonds is 2. The molecule has 1 aromatic heterocycles. The zero-order chi connectivity index (χ0) is 17.6. The average molecular weight is 334 g/mol. The Bertz CT molecular complexity index is 986. The van der Waals surface area contributed by atoms with Gasteiger partial charge in [0.15, 0.2) is 0 Å². The largest absolute Gasteiger partial charge is 0.324 e. The monoisotopic (exact) mass is 334 g/mol. The maximum Gasteiger partial charge on any atom is 0.248 e. The lowest BCUT2D eigenvalue weighted by atomic mass is 10.1. The summed E-state index contributed by atoms with van der Waals surface area (Å²) in [6.07, 6.45) is 0.0873. The number of fused-ring (bicyclic) bond motifs is 3. The van der Waals surface area contributed by atoms with Gasteiger partial charge in [-0.25, -0.2) is 4.98 Å². The Labute approximate surface area is 144 Å². The molecule has 126 valence electrons. The normalized spacial score (nSPS) is 16.4. The zero-order valence-electron chi connectivity index (χ0n) is 14.0. The number of aryl methyl sites for hydroxylation is 2. The molecule has 4 rings (SSSR count). The number of nitrogens with zero attached hydrogens (tertiary/aromatic N) is 2. The molecular formula is C19H18N4O2. The van der Waals surface area contributed by atoms with E-state index >= 15 is 0 Å². The molecule has 25 heavy (non-hydrogen) atoms. The topological polar surface area (TPSA) is 76.0 Å². The van der Waals surface area contributed by atoms with E-state index in [1.54, 1.807) is 4.57 Å². The van der Waals surface area contributed by atoms with Crippen molar-refractivity contribution in [2.75, 3.05) is 10.6 Å². The van der Waals surface area contributed by atoms with Gasteiger partial charge in [-0.3, -0.25) is 19.5 Å². The SMILES string of the molecule is Cc1cc(C)cc(NC(=O)[C@@H]2CC(=O)Nc3nc4ccccc4n32)c1. The van der Waals surface area contributed by atoms with Crippen LogP contribution in [0.15, 0.2) is 42.5 Å². The van der Waals surface area contributed by atoms with Crippen LogP contribution < -0.4 is 10.6 Å². The van der Waals surface area contributed by atoms with Crippen LogP contribution in [0.4, 0.5) is 11.6 Å². The lowest BCUT2D eigenvalue weighted by Crippen LogP contribution is -2.35. The molecule has 2 N–H and O–H groups in total. The first kappa shape index (κ1) is 15.4. The van der Waals surface area contributed by atoms with E-state index in [2.05, 4.69) is 15.6 Å². The highest BCUT2D eigenvalue weighted by Gasteiger charge is 2.32. The zero-order valence-corrected chi connectivity index (χ0v) is 14.0. The molecule has 0 spiro atoms. The van der Waals surface area contributed by atoms with Gasteiger partial charge in [-0.15, -0.1) is 0 Å². The predicted molar refractivity (Wildman–Crippen MR) is 96.6 cm³/mol. The summed E-state index contributed by atoms with van der Waals surface area (Å²) in [4.78, 5) is 29.4. The minimum atomic E-state index is -0.628. The number of hydrogen-bond donors (Lipinski definition) is 2. The summed E-state index contributed by atoms with van der Waals surface area (Å²) in [5.74, 6) is -0.00865. The van der Waals surface area contributed by atoms with Crippen LogP contribution in [0.25, 0.3) is 11.0 Å². The molecule has 0 fully saturated rings. The van der Waals surface area contributed by atoms with E-state index in [0.717, 1.165) is 27.8 Å². The third-order valence-electron chi connectivity index (χ3n) is 4.33. The van der Waals surface area contributed by atoms with Gasteiger partial charge in [0.1, 0.15) is 6.04 Å². The quantitative estimate of drug-likeness (QED) is 0.756. The minimum Gasteiger partial charge on any atom is -0.324 e. The van der Waals surface area contributed by atoms with E-state index in [4.69, 9.17) is 0 Å². The second-order valence-corrected chi connectivity index (χ2v) is 6.43. The Morgan fingerprint density at radius 2 is 1.92 bits per heavy atom. The molecule has 6 heteroatoms. The summed E-state index contributed by atoms with van der Waals surface area (Å²) < 4.78 is 1.80. The highest BCUT2D eigenvalue weighted by molar-refractivity contribution is 6.03. The number of benzene rings is 2. The van der Waals surface area contributed by atoms with Gasteiger partial charge >= 0.3 is 0 Å². The maximum atomic E-state index is 12.9. The Kier molecular flexibility index (Phi) is 3.53. The number of amides is 2. The first-order valence-corrected chi connectivity index (χ1v) is 8.17. The van der Waals surface area contributed by atoms with Crippen LogP contribution in [0.5, 0.6) is 0 Å². The minimum absolute atomic E-state index is 0.0873. The predicted octanol–water partition coefficient (Wildman–Crippen LogP) is 3.18. The fourth-order valence-corrected chi connectivity index (χ4v) is 3.37. The Balaban J connectivity index is 1.73. The fraction of sp³-hybridized carbons (Fsp3) is 0.211. The third-order valence-corrected chi connectivity index (χ3v) is 4.33. The summed E-state index contributed by atoms with van der Waals surface area (Å²) in [5.41, 5.74) is 4.47. The molecular weight excluding hydrogens is 316 g/mol. The molecule has 0 unspecified atom stereocenters. The van der Waals surface area contributed by atoms with Gasteiger partial charge in [-0.2, -0.15) is 0 Å². The van der Waals surface area contributed by atoms with Crippen molar-refractivity contribution in [1.82, 2.24) is 9.55 Å². The number of aromatic nitrogens is 2. The molecule has 0 aliphatic carbocycles. The van der Waals surface area contributed by atoms with Crippen LogP contribution in [0, 0.1) is 13.8 Å².